The number of carbonyl (C=O) groups excluding carboxylic acids is 2. The Morgan fingerprint density at radius 1 is 1.40 bits per heavy atom. The van der Waals surface area contributed by atoms with Gasteiger partial charge in [-0.25, -0.2) is 4.79 Å². The van der Waals surface area contributed by atoms with Crippen molar-refractivity contribution in [2.45, 2.75) is 37.8 Å². The van der Waals surface area contributed by atoms with Gasteiger partial charge >= 0.3 is 6.03 Å². The van der Waals surface area contributed by atoms with Crippen LogP contribution in [0.1, 0.15) is 25.7 Å². The van der Waals surface area contributed by atoms with E-state index in [0.29, 0.717) is 13.0 Å². The summed E-state index contributed by atoms with van der Waals surface area (Å²) < 4.78 is 5.26. The largest absolute Gasteiger partial charge is 0.381 e. The van der Waals surface area contributed by atoms with Crippen molar-refractivity contribution in [2.24, 2.45) is 0 Å². The van der Waals surface area contributed by atoms with E-state index >= 15 is 0 Å². The van der Waals surface area contributed by atoms with E-state index < -0.39 is 0 Å². The zero-order valence-electron chi connectivity index (χ0n) is 8.86. The lowest BCUT2D eigenvalue weighted by Gasteiger charge is -2.31. The fraction of sp³-hybridized carbons (Fsp3) is 0.800. The summed E-state index contributed by atoms with van der Waals surface area (Å²) in [6.45, 7) is 0.547. The lowest BCUT2D eigenvalue weighted by molar-refractivity contribution is -0.121. The van der Waals surface area contributed by atoms with Gasteiger partial charge in [-0.1, -0.05) is 0 Å². The molecule has 3 amide bonds. The number of amides is 3. The number of nitrogens with zero attached hydrogens (tertiary/aromatic N) is 1. The molecule has 0 bridgehead atoms. The zero-order valence-corrected chi connectivity index (χ0v) is 8.86. The van der Waals surface area contributed by atoms with E-state index in [4.69, 9.17) is 4.74 Å². The average molecular weight is 212 g/mol. The van der Waals surface area contributed by atoms with Gasteiger partial charge in [0.05, 0.1) is 6.10 Å². The molecule has 2 atom stereocenters. The normalized spacial score (nSPS) is 31.9. The number of hydrogen-bond acceptors (Lipinski definition) is 3. The Kier molecular flexibility index (Phi) is 2.90. The maximum absolute atomic E-state index is 11.5. The van der Waals surface area contributed by atoms with Crippen LogP contribution in [-0.4, -0.2) is 42.6 Å². The molecule has 0 spiro atoms. The molecule has 0 aromatic heterocycles. The van der Waals surface area contributed by atoms with E-state index in [1.807, 2.05) is 0 Å². The van der Waals surface area contributed by atoms with E-state index in [-0.39, 0.29) is 24.1 Å². The van der Waals surface area contributed by atoms with Crippen LogP contribution in [0.15, 0.2) is 0 Å². The van der Waals surface area contributed by atoms with Crippen molar-refractivity contribution < 1.29 is 14.3 Å². The highest BCUT2D eigenvalue weighted by Gasteiger charge is 2.34. The Morgan fingerprint density at radius 3 is 2.80 bits per heavy atom. The Bertz CT molecular complexity index is 280. The number of methoxy groups -OCH3 is 1. The molecule has 0 aromatic carbocycles. The average Bonchev–Trinajstić information content (AvgIpc) is 2.66. The molecular formula is C10H16N2O3. The van der Waals surface area contributed by atoms with Gasteiger partial charge in [0.1, 0.15) is 0 Å². The van der Waals surface area contributed by atoms with E-state index in [9.17, 15) is 9.59 Å². The molecular weight excluding hydrogens is 196 g/mol. The van der Waals surface area contributed by atoms with E-state index in [1.165, 1.54) is 0 Å². The van der Waals surface area contributed by atoms with Crippen LogP contribution in [0, 0.1) is 0 Å². The number of rotatable bonds is 2. The predicted molar refractivity (Wildman–Crippen MR) is 53.3 cm³/mol. The van der Waals surface area contributed by atoms with Gasteiger partial charge in [0.25, 0.3) is 0 Å². The molecule has 1 saturated carbocycles. The monoisotopic (exact) mass is 212 g/mol. The smallest absolute Gasteiger partial charge is 0.324 e. The lowest BCUT2D eigenvalue weighted by atomic mass is 10.2. The highest BCUT2D eigenvalue weighted by molar-refractivity contribution is 5.96. The van der Waals surface area contributed by atoms with E-state index in [1.54, 1.807) is 12.0 Å². The van der Waals surface area contributed by atoms with Crippen molar-refractivity contribution in [2.75, 3.05) is 13.7 Å². The maximum atomic E-state index is 11.5. The molecule has 0 radical (unpaired) electrons. The molecule has 1 N–H and O–H groups in total. The number of carbonyl (C=O) groups is 2. The Hall–Kier alpha value is -1.10. The summed E-state index contributed by atoms with van der Waals surface area (Å²) >= 11 is 0. The van der Waals surface area contributed by atoms with Crippen molar-refractivity contribution in [1.29, 1.82) is 0 Å². The second-order valence-corrected chi connectivity index (χ2v) is 4.12. The summed E-state index contributed by atoms with van der Waals surface area (Å²) in [7, 11) is 1.70. The predicted octanol–water partition coefficient (Wildman–Crippen LogP) is 0.496. The molecule has 15 heavy (non-hydrogen) atoms. The molecule has 2 fully saturated rings. The summed E-state index contributed by atoms with van der Waals surface area (Å²) in [5.41, 5.74) is 0. The molecule has 2 rings (SSSR count). The number of hydrogen-bond donors (Lipinski definition) is 1. The zero-order chi connectivity index (χ0) is 10.8. The van der Waals surface area contributed by atoms with Crippen molar-refractivity contribution >= 4 is 11.9 Å². The fourth-order valence-electron chi connectivity index (χ4n) is 2.34. The van der Waals surface area contributed by atoms with Crippen molar-refractivity contribution in [3.63, 3.8) is 0 Å². The van der Waals surface area contributed by atoms with Crippen LogP contribution in [-0.2, 0) is 9.53 Å². The second-order valence-electron chi connectivity index (χ2n) is 4.12. The van der Waals surface area contributed by atoms with Crippen molar-refractivity contribution in [1.82, 2.24) is 10.2 Å². The first kappa shape index (κ1) is 10.4. The van der Waals surface area contributed by atoms with Crippen LogP contribution >= 0.6 is 0 Å². The summed E-state index contributed by atoms with van der Waals surface area (Å²) in [6.07, 6.45) is 3.54. The van der Waals surface area contributed by atoms with Crippen LogP contribution in [0.25, 0.3) is 0 Å². The third-order valence-corrected chi connectivity index (χ3v) is 3.22. The minimum absolute atomic E-state index is 0.169. The van der Waals surface area contributed by atoms with Gasteiger partial charge < -0.3 is 9.64 Å². The van der Waals surface area contributed by atoms with E-state index in [2.05, 4.69) is 5.32 Å². The van der Waals surface area contributed by atoms with Gasteiger partial charge in [-0.15, -0.1) is 0 Å². The van der Waals surface area contributed by atoms with Crippen LogP contribution in [0.5, 0.6) is 0 Å². The first-order valence-corrected chi connectivity index (χ1v) is 5.34. The summed E-state index contributed by atoms with van der Waals surface area (Å²) in [5, 5.41) is 2.35. The molecule has 2 unspecified atom stereocenters. The first-order valence-electron chi connectivity index (χ1n) is 5.34. The molecule has 0 aromatic rings. The lowest BCUT2D eigenvalue weighted by Crippen LogP contribution is -2.53. The summed E-state index contributed by atoms with van der Waals surface area (Å²) in [4.78, 5) is 24.3. The molecule has 5 nitrogen and oxygen atoms in total. The van der Waals surface area contributed by atoms with Crippen LogP contribution < -0.4 is 5.32 Å². The van der Waals surface area contributed by atoms with E-state index in [0.717, 1.165) is 19.3 Å². The molecule has 1 aliphatic heterocycles. The maximum Gasteiger partial charge on any atom is 0.324 e. The minimum Gasteiger partial charge on any atom is -0.381 e. The van der Waals surface area contributed by atoms with Crippen molar-refractivity contribution in [3.8, 4) is 0 Å². The van der Waals surface area contributed by atoms with Gasteiger partial charge in [0, 0.05) is 26.1 Å². The van der Waals surface area contributed by atoms with Gasteiger partial charge in [0.15, 0.2) is 0 Å². The molecule has 2 aliphatic rings. The summed E-state index contributed by atoms with van der Waals surface area (Å²) in [5.74, 6) is -0.169. The topological polar surface area (TPSA) is 58.6 Å². The summed E-state index contributed by atoms with van der Waals surface area (Å²) in [6, 6.07) is -0.00365. The fourth-order valence-corrected chi connectivity index (χ4v) is 2.34. The van der Waals surface area contributed by atoms with Gasteiger partial charge in [0.2, 0.25) is 5.91 Å². The quantitative estimate of drug-likeness (QED) is 0.725. The van der Waals surface area contributed by atoms with Crippen LogP contribution in [0.2, 0.25) is 0 Å². The molecule has 5 heteroatoms. The highest BCUT2D eigenvalue weighted by Crippen LogP contribution is 2.26. The standard InChI is InChI=1S/C10H16N2O3/c1-15-8-3-2-7(6-8)12-5-4-9(13)11-10(12)14/h7-8H,2-6H2,1H3,(H,11,13,14). The second kappa shape index (κ2) is 4.18. The van der Waals surface area contributed by atoms with Gasteiger partial charge in [-0.05, 0) is 19.3 Å². The molecule has 1 heterocycles. The number of urea groups is 1. The first-order chi connectivity index (χ1) is 7.20. The minimum atomic E-state index is -0.243. The van der Waals surface area contributed by atoms with Gasteiger partial charge in [-0.2, -0.15) is 0 Å². The molecule has 84 valence electrons. The highest BCUT2D eigenvalue weighted by atomic mass is 16.5. The number of nitrogens with one attached hydrogen (secondary N) is 1. The van der Waals surface area contributed by atoms with Crippen molar-refractivity contribution in [3.05, 3.63) is 0 Å². The Morgan fingerprint density at radius 2 is 2.20 bits per heavy atom. The number of imide groups is 1. The van der Waals surface area contributed by atoms with Gasteiger partial charge in [-0.3, -0.25) is 10.1 Å². The number of ether oxygens (including phenoxy) is 1. The van der Waals surface area contributed by atoms with Crippen LogP contribution in [0.4, 0.5) is 4.79 Å². The SMILES string of the molecule is COC1CCC(N2CCC(=O)NC2=O)C1. The van der Waals surface area contributed by atoms with Crippen LogP contribution in [0.3, 0.4) is 0 Å². The molecule has 1 saturated heterocycles. The third kappa shape index (κ3) is 2.12. The third-order valence-electron chi connectivity index (χ3n) is 3.22. The molecule has 1 aliphatic carbocycles. The Labute approximate surface area is 88.8 Å². The Balaban J connectivity index is 1.94.